The van der Waals surface area contributed by atoms with Gasteiger partial charge in [0, 0.05) is 7.05 Å². The van der Waals surface area contributed by atoms with Gasteiger partial charge in [0.15, 0.2) is 5.15 Å². The second-order valence-electron chi connectivity index (χ2n) is 1.16. The number of halogens is 1. The molecule has 0 aromatic carbocycles. The number of aryl methyl sites for hydroxylation is 1. The molecule has 38 valence electrons. The van der Waals surface area contributed by atoms with Gasteiger partial charge in [-0.15, -0.1) is 5.10 Å². The van der Waals surface area contributed by atoms with Gasteiger partial charge in [0.1, 0.15) is 0 Å². The lowest BCUT2D eigenvalue weighted by Crippen LogP contribution is -1.90. The van der Waals surface area contributed by atoms with Gasteiger partial charge in [-0.25, -0.2) is 0 Å². The molecule has 0 atom stereocenters. The maximum Gasteiger partial charge on any atom is 0.171 e. The van der Waals surface area contributed by atoms with E-state index in [1.807, 2.05) is 0 Å². The molecule has 0 aliphatic rings. The van der Waals surface area contributed by atoms with Crippen LogP contribution in [0.25, 0.3) is 0 Å². The molecule has 1 rings (SSSR count). The third kappa shape index (κ3) is 0.899. The van der Waals surface area contributed by atoms with E-state index in [0.717, 1.165) is 0 Å². The standard InChI is InChI=1S/C3H4ClN3/c1-7-5-2-3(4)6-7/h2H,1H3. The molecule has 1 heterocycles. The molecule has 7 heavy (non-hydrogen) atoms. The maximum atomic E-state index is 5.37. The molecule has 0 amide bonds. The molecule has 0 fully saturated rings. The van der Waals surface area contributed by atoms with Gasteiger partial charge >= 0.3 is 0 Å². The highest BCUT2D eigenvalue weighted by Crippen LogP contribution is 1.95. The topological polar surface area (TPSA) is 30.7 Å². The number of rotatable bonds is 0. The predicted octanol–water partition coefficient (Wildman–Crippen LogP) is 0.468. The lowest BCUT2D eigenvalue weighted by atomic mass is 11.0. The average Bonchev–Trinajstić information content (AvgIpc) is 1.87. The Bertz CT molecular complexity index is 142. The first-order chi connectivity index (χ1) is 3.29. The van der Waals surface area contributed by atoms with Crippen LogP contribution in [0.5, 0.6) is 0 Å². The van der Waals surface area contributed by atoms with E-state index in [2.05, 4.69) is 10.2 Å². The highest BCUT2D eigenvalue weighted by atomic mass is 35.5. The first-order valence-electron chi connectivity index (χ1n) is 1.81. The van der Waals surface area contributed by atoms with E-state index in [1.165, 1.54) is 11.0 Å². The molecular formula is C3H4ClN3. The second kappa shape index (κ2) is 1.50. The highest BCUT2D eigenvalue weighted by Gasteiger charge is 1.86. The van der Waals surface area contributed by atoms with Crippen molar-refractivity contribution >= 4 is 11.6 Å². The van der Waals surface area contributed by atoms with Crippen LogP contribution >= 0.6 is 11.6 Å². The van der Waals surface area contributed by atoms with Gasteiger partial charge in [-0.1, -0.05) is 11.6 Å². The van der Waals surface area contributed by atoms with Crippen molar-refractivity contribution in [3.05, 3.63) is 11.3 Å². The molecule has 4 heteroatoms. The van der Waals surface area contributed by atoms with Crippen LogP contribution in [0.2, 0.25) is 5.15 Å². The molecule has 0 saturated carbocycles. The first kappa shape index (κ1) is 4.59. The van der Waals surface area contributed by atoms with E-state index in [-0.39, 0.29) is 0 Å². The summed E-state index contributed by atoms with van der Waals surface area (Å²) >= 11 is 5.37. The van der Waals surface area contributed by atoms with Gasteiger partial charge < -0.3 is 0 Å². The van der Waals surface area contributed by atoms with Gasteiger partial charge in [0.25, 0.3) is 0 Å². The predicted molar refractivity (Wildman–Crippen MR) is 26.0 cm³/mol. The van der Waals surface area contributed by atoms with Crippen molar-refractivity contribution < 1.29 is 0 Å². The number of hydrogen-bond donors (Lipinski definition) is 0. The maximum absolute atomic E-state index is 5.37. The lowest BCUT2D eigenvalue weighted by Gasteiger charge is -1.76. The molecule has 1 aromatic heterocycles. The summed E-state index contributed by atoms with van der Waals surface area (Å²) in [6, 6.07) is 0. The van der Waals surface area contributed by atoms with Crippen LogP contribution in [0.1, 0.15) is 0 Å². The van der Waals surface area contributed by atoms with Crippen molar-refractivity contribution in [3.8, 4) is 0 Å². The fraction of sp³-hybridized carbons (Fsp3) is 0.333. The molecule has 0 radical (unpaired) electrons. The molecule has 0 N–H and O–H groups in total. The van der Waals surface area contributed by atoms with E-state index >= 15 is 0 Å². The van der Waals surface area contributed by atoms with E-state index < -0.39 is 0 Å². The first-order valence-corrected chi connectivity index (χ1v) is 2.18. The molecule has 0 saturated heterocycles. The van der Waals surface area contributed by atoms with Crippen LogP contribution in [-0.2, 0) is 7.05 Å². The van der Waals surface area contributed by atoms with Crippen LogP contribution in [-0.4, -0.2) is 15.0 Å². The Morgan fingerprint density at radius 1 is 1.86 bits per heavy atom. The molecule has 3 nitrogen and oxygen atoms in total. The summed E-state index contributed by atoms with van der Waals surface area (Å²) in [5.74, 6) is 0. The third-order valence-corrected chi connectivity index (χ3v) is 0.745. The summed E-state index contributed by atoms with van der Waals surface area (Å²) in [6.07, 6.45) is 1.49. The summed E-state index contributed by atoms with van der Waals surface area (Å²) in [7, 11) is 1.71. The summed E-state index contributed by atoms with van der Waals surface area (Å²) < 4.78 is 0. The lowest BCUT2D eigenvalue weighted by molar-refractivity contribution is 0.654. The minimum absolute atomic E-state index is 0.433. The van der Waals surface area contributed by atoms with Crippen LogP contribution in [0, 0.1) is 0 Å². The van der Waals surface area contributed by atoms with Crippen LogP contribution in [0.3, 0.4) is 0 Å². The van der Waals surface area contributed by atoms with Crippen molar-refractivity contribution in [2.24, 2.45) is 7.05 Å². The van der Waals surface area contributed by atoms with Gasteiger partial charge in [-0.05, 0) is 0 Å². The van der Waals surface area contributed by atoms with Gasteiger partial charge in [0.2, 0.25) is 0 Å². The number of nitrogens with zero attached hydrogens (tertiary/aromatic N) is 3. The Morgan fingerprint density at radius 3 is 2.71 bits per heavy atom. The Morgan fingerprint density at radius 2 is 2.57 bits per heavy atom. The molecule has 1 aromatic rings. The molecular weight excluding hydrogens is 114 g/mol. The van der Waals surface area contributed by atoms with Crippen LogP contribution < -0.4 is 0 Å². The SMILES string of the molecule is Cn1ncc(Cl)n1. The highest BCUT2D eigenvalue weighted by molar-refractivity contribution is 6.29. The van der Waals surface area contributed by atoms with Crippen molar-refractivity contribution in [1.82, 2.24) is 15.0 Å². The zero-order chi connectivity index (χ0) is 5.28. The monoisotopic (exact) mass is 117 g/mol. The average molecular weight is 118 g/mol. The van der Waals surface area contributed by atoms with Crippen LogP contribution in [0.15, 0.2) is 6.20 Å². The summed E-state index contributed by atoms with van der Waals surface area (Å²) in [5.41, 5.74) is 0. The van der Waals surface area contributed by atoms with E-state index in [4.69, 9.17) is 11.6 Å². The van der Waals surface area contributed by atoms with Gasteiger partial charge in [-0.3, -0.25) is 0 Å². The quantitative estimate of drug-likeness (QED) is 0.495. The molecule has 0 spiro atoms. The largest absolute Gasteiger partial charge is 0.187 e. The van der Waals surface area contributed by atoms with E-state index in [0.29, 0.717) is 5.15 Å². The fourth-order valence-electron chi connectivity index (χ4n) is 0.321. The number of aromatic nitrogens is 3. The normalized spacial score (nSPS) is 9.43. The summed E-state index contributed by atoms with van der Waals surface area (Å²) in [4.78, 5) is 1.41. The Balaban J connectivity index is 3.04. The minimum Gasteiger partial charge on any atom is -0.187 e. The smallest absolute Gasteiger partial charge is 0.171 e. The van der Waals surface area contributed by atoms with Crippen molar-refractivity contribution in [1.29, 1.82) is 0 Å². The zero-order valence-corrected chi connectivity index (χ0v) is 4.55. The molecule has 0 bridgehead atoms. The van der Waals surface area contributed by atoms with Gasteiger partial charge in [-0.2, -0.15) is 9.90 Å². The summed E-state index contributed by atoms with van der Waals surface area (Å²) in [5, 5.41) is 7.80. The Hall–Kier alpha value is -0.570. The molecule has 0 unspecified atom stereocenters. The second-order valence-corrected chi connectivity index (χ2v) is 1.54. The Kier molecular flexibility index (Phi) is 0.982. The number of hydrogen-bond acceptors (Lipinski definition) is 2. The summed E-state index contributed by atoms with van der Waals surface area (Å²) in [6.45, 7) is 0. The third-order valence-electron chi connectivity index (χ3n) is 0.572. The molecule has 0 aliphatic heterocycles. The van der Waals surface area contributed by atoms with Gasteiger partial charge in [0.05, 0.1) is 6.20 Å². The van der Waals surface area contributed by atoms with E-state index in [9.17, 15) is 0 Å². The Labute approximate surface area is 45.9 Å². The van der Waals surface area contributed by atoms with Crippen molar-refractivity contribution in [2.45, 2.75) is 0 Å². The van der Waals surface area contributed by atoms with Crippen molar-refractivity contribution in [3.63, 3.8) is 0 Å². The van der Waals surface area contributed by atoms with Crippen LogP contribution in [0.4, 0.5) is 0 Å². The zero-order valence-electron chi connectivity index (χ0n) is 3.80. The fourth-order valence-corrected chi connectivity index (χ4v) is 0.474. The molecule has 0 aliphatic carbocycles. The van der Waals surface area contributed by atoms with Crippen molar-refractivity contribution in [2.75, 3.05) is 0 Å². The van der Waals surface area contributed by atoms with E-state index in [1.54, 1.807) is 7.05 Å². The minimum atomic E-state index is 0.433.